The number of hydrogen-bond donors (Lipinski definition) is 0. The molecular formula is C11H22N2. The third-order valence-electron chi connectivity index (χ3n) is 2.26. The standard InChI is InChI=1S/C7H15N.C4H7N/c1-2-8-6-4-3-5-7-8;1-2-3-4-5/h2-7H2,1H3;2-3H2,1H3. The molecule has 0 bridgehead atoms. The molecule has 0 unspecified atom stereocenters. The zero-order chi connectivity index (χ0) is 9.94. The van der Waals surface area contributed by atoms with E-state index in [9.17, 15) is 0 Å². The number of hydrogen-bond acceptors (Lipinski definition) is 2. The van der Waals surface area contributed by atoms with E-state index in [1.165, 1.54) is 38.9 Å². The molecule has 0 aromatic heterocycles. The maximum Gasteiger partial charge on any atom is 0.0621 e. The second-order valence-corrected chi connectivity index (χ2v) is 3.40. The molecular weight excluding hydrogens is 160 g/mol. The van der Waals surface area contributed by atoms with Gasteiger partial charge in [-0.2, -0.15) is 5.26 Å². The van der Waals surface area contributed by atoms with Gasteiger partial charge < -0.3 is 4.90 Å². The summed E-state index contributed by atoms with van der Waals surface area (Å²) < 4.78 is 0. The zero-order valence-corrected chi connectivity index (χ0v) is 9.05. The second kappa shape index (κ2) is 9.54. The average molecular weight is 182 g/mol. The third kappa shape index (κ3) is 7.80. The molecule has 1 rings (SSSR count). The fraction of sp³-hybridized carbons (Fsp3) is 0.909. The van der Waals surface area contributed by atoms with Crippen molar-refractivity contribution in [2.24, 2.45) is 0 Å². The van der Waals surface area contributed by atoms with E-state index in [-0.39, 0.29) is 0 Å². The van der Waals surface area contributed by atoms with Crippen LogP contribution in [0.1, 0.15) is 46.0 Å². The monoisotopic (exact) mass is 182 g/mol. The van der Waals surface area contributed by atoms with E-state index in [1.807, 2.05) is 13.0 Å². The highest BCUT2D eigenvalue weighted by Crippen LogP contribution is 2.06. The molecule has 1 aliphatic rings. The van der Waals surface area contributed by atoms with E-state index in [0.29, 0.717) is 6.42 Å². The lowest BCUT2D eigenvalue weighted by Crippen LogP contribution is -2.29. The molecule has 0 amide bonds. The molecule has 1 saturated heterocycles. The summed E-state index contributed by atoms with van der Waals surface area (Å²) in [5, 5.41) is 7.82. The van der Waals surface area contributed by atoms with E-state index in [4.69, 9.17) is 5.26 Å². The highest BCUT2D eigenvalue weighted by atomic mass is 15.1. The van der Waals surface area contributed by atoms with Gasteiger partial charge in [0.05, 0.1) is 6.07 Å². The van der Waals surface area contributed by atoms with Crippen molar-refractivity contribution in [1.29, 1.82) is 5.26 Å². The summed E-state index contributed by atoms with van der Waals surface area (Å²) in [6.07, 6.45) is 5.98. The lowest BCUT2D eigenvalue weighted by atomic mass is 10.1. The Labute approximate surface area is 82.5 Å². The van der Waals surface area contributed by atoms with Gasteiger partial charge in [-0.25, -0.2) is 0 Å². The molecule has 1 aliphatic heterocycles. The summed E-state index contributed by atoms with van der Waals surface area (Å²) >= 11 is 0. The van der Waals surface area contributed by atoms with Crippen LogP contribution in [0.25, 0.3) is 0 Å². The third-order valence-corrected chi connectivity index (χ3v) is 2.26. The Morgan fingerprint density at radius 1 is 1.15 bits per heavy atom. The predicted octanol–water partition coefficient (Wildman–Crippen LogP) is 2.80. The van der Waals surface area contributed by atoms with Crippen molar-refractivity contribution in [3.8, 4) is 6.07 Å². The molecule has 0 aliphatic carbocycles. The minimum absolute atomic E-state index is 0.694. The molecule has 0 aromatic carbocycles. The van der Waals surface area contributed by atoms with Crippen molar-refractivity contribution in [1.82, 2.24) is 4.90 Å². The van der Waals surface area contributed by atoms with Crippen molar-refractivity contribution < 1.29 is 0 Å². The van der Waals surface area contributed by atoms with Gasteiger partial charge in [0.2, 0.25) is 0 Å². The Bertz CT molecular complexity index is 132. The van der Waals surface area contributed by atoms with Crippen LogP contribution in [-0.4, -0.2) is 24.5 Å². The smallest absolute Gasteiger partial charge is 0.0621 e. The largest absolute Gasteiger partial charge is 0.304 e. The molecule has 2 nitrogen and oxygen atoms in total. The summed E-state index contributed by atoms with van der Waals surface area (Å²) in [7, 11) is 0. The van der Waals surface area contributed by atoms with E-state index in [2.05, 4.69) is 11.8 Å². The van der Waals surface area contributed by atoms with Crippen LogP contribution in [0, 0.1) is 11.3 Å². The maximum atomic E-state index is 7.82. The summed E-state index contributed by atoms with van der Waals surface area (Å²) in [5.74, 6) is 0. The number of unbranched alkanes of at least 4 members (excludes halogenated alkanes) is 1. The summed E-state index contributed by atoms with van der Waals surface area (Å²) in [6.45, 7) is 8.17. The highest BCUT2D eigenvalue weighted by Gasteiger charge is 2.05. The van der Waals surface area contributed by atoms with Crippen LogP contribution >= 0.6 is 0 Å². The van der Waals surface area contributed by atoms with Gasteiger partial charge in [0.25, 0.3) is 0 Å². The van der Waals surface area contributed by atoms with Crippen molar-refractivity contribution in [3.63, 3.8) is 0 Å². The zero-order valence-electron chi connectivity index (χ0n) is 9.05. The van der Waals surface area contributed by atoms with E-state index >= 15 is 0 Å². The van der Waals surface area contributed by atoms with Gasteiger partial charge in [0.1, 0.15) is 0 Å². The summed E-state index contributed by atoms with van der Waals surface area (Å²) in [6, 6.07) is 2.02. The Kier molecular flexibility index (Phi) is 9.13. The number of rotatable bonds is 2. The Balaban J connectivity index is 0.000000252. The van der Waals surface area contributed by atoms with Crippen LogP contribution in [-0.2, 0) is 0 Å². The van der Waals surface area contributed by atoms with Crippen LogP contribution in [0.15, 0.2) is 0 Å². The quantitative estimate of drug-likeness (QED) is 0.656. The van der Waals surface area contributed by atoms with Crippen LogP contribution in [0.4, 0.5) is 0 Å². The lowest BCUT2D eigenvalue weighted by Gasteiger charge is -2.24. The normalized spacial score (nSPS) is 17.0. The van der Waals surface area contributed by atoms with Crippen molar-refractivity contribution in [3.05, 3.63) is 0 Å². The second-order valence-electron chi connectivity index (χ2n) is 3.40. The minimum Gasteiger partial charge on any atom is -0.304 e. The predicted molar refractivity (Wildman–Crippen MR) is 56.5 cm³/mol. The SMILES string of the molecule is CCCC#N.CCN1CCCCC1. The van der Waals surface area contributed by atoms with Crippen LogP contribution in [0.3, 0.4) is 0 Å². The van der Waals surface area contributed by atoms with E-state index < -0.39 is 0 Å². The maximum absolute atomic E-state index is 7.82. The van der Waals surface area contributed by atoms with Gasteiger partial charge in [-0.15, -0.1) is 0 Å². The van der Waals surface area contributed by atoms with Gasteiger partial charge in [0, 0.05) is 6.42 Å². The summed E-state index contributed by atoms with van der Waals surface area (Å²) in [4.78, 5) is 2.52. The molecule has 13 heavy (non-hydrogen) atoms. The molecule has 0 atom stereocenters. The Morgan fingerprint density at radius 3 is 2.00 bits per heavy atom. The van der Waals surface area contributed by atoms with Crippen LogP contribution < -0.4 is 0 Å². The van der Waals surface area contributed by atoms with E-state index in [1.54, 1.807) is 0 Å². The van der Waals surface area contributed by atoms with Crippen molar-refractivity contribution in [2.45, 2.75) is 46.0 Å². The number of likely N-dealkylation sites (tertiary alicyclic amines) is 1. The van der Waals surface area contributed by atoms with Crippen molar-refractivity contribution >= 4 is 0 Å². The topological polar surface area (TPSA) is 27.0 Å². The number of nitrogens with zero attached hydrogens (tertiary/aromatic N) is 2. The first-order valence-electron chi connectivity index (χ1n) is 5.44. The van der Waals surface area contributed by atoms with Crippen LogP contribution in [0.5, 0.6) is 0 Å². The fourth-order valence-electron chi connectivity index (χ4n) is 1.39. The summed E-state index contributed by atoms with van der Waals surface area (Å²) in [5.41, 5.74) is 0. The van der Waals surface area contributed by atoms with Crippen LogP contribution in [0.2, 0.25) is 0 Å². The average Bonchev–Trinajstić information content (AvgIpc) is 2.21. The first kappa shape index (κ1) is 12.4. The molecule has 0 N–H and O–H groups in total. The molecule has 1 heterocycles. The molecule has 0 saturated carbocycles. The highest BCUT2D eigenvalue weighted by molar-refractivity contribution is 4.65. The Morgan fingerprint density at radius 2 is 1.77 bits per heavy atom. The minimum atomic E-state index is 0.694. The van der Waals surface area contributed by atoms with Gasteiger partial charge >= 0.3 is 0 Å². The molecule has 0 aromatic rings. The molecule has 0 radical (unpaired) electrons. The number of piperidine rings is 1. The first-order chi connectivity index (χ1) is 6.35. The van der Waals surface area contributed by atoms with Gasteiger partial charge in [-0.05, 0) is 38.9 Å². The number of nitriles is 1. The fourth-order valence-corrected chi connectivity index (χ4v) is 1.39. The molecule has 76 valence electrons. The Hall–Kier alpha value is -0.550. The lowest BCUT2D eigenvalue weighted by molar-refractivity contribution is 0.240. The van der Waals surface area contributed by atoms with Crippen molar-refractivity contribution in [2.75, 3.05) is 19.6 Å². The molecule has 2 heteroatoms. The van der Waals surface area contributed by atoms with Gasteiger partial charge in [-0.3, -0.25) is 0 Å². The van der Waals surface area contributed by atoms with Gasteiger partial charge in [0.15, 0.2) is 0 Å². The van der Waals surface area contributed by atoms with Gasteiger partial charge in [-0.1, -0.05) is 20.3 Å². The van der Waals surface area contributed by atoms with E-state index in [0.717, 1.165) is 6.42 Å². The molecule has 0 spiro atoms. The molecule has 1 fully saturated rings. The first-order valence-corrected chi connectivity index (χ1v) is 5.44.